The van der Waals surface area contributed by atoms with Gasteiger partial charge in [-0.2, -0.15) is 0 Å². The van der Waals surface area contributed by atoms with E-state index in [-0.39, 0.29) is 5.56 Å². The van der Waals surface area contributed by atoms with E-state index in [9.17, 15) is 9.18 Å². The zero-order valence-corrected chi connectivity index (χ0v) is 16.6. The Morgan fingerprint density at radius 2 is 2.00 bits per heavy atom. The van der Waals surface area contributed by atoms with E-state index in [2.05, 4.69) is 0 Å². The van der Waals surface area contributed by atoms with Crippen LogP contribution in [0.25, 0.3) is 0 Å². The minimum absolute atomic E-state index is 0.345. The van der Waals surface area contributed by atoms with Gasteiger partial charge >= 0.3 is 6.03 Å². The number of urea groups is 1. The second-order valence-electron chi connectivity index (χ2n) is 6.52. The van der Waals surface area contributed by atoms with Gasteiger partial charge in [-0.15, -0.1) is 0 Å². The van der Waals surface area contributed by atoms with Crippen molar-refractivity contribution in [3.05, 3.63) is 65.4 Å². The monoisotopic (exact) mass is 446 g/mol. The summed E-state index contributed by atoms with van der Waals surface area (Å²) in [7, 11) is 1.18. The fraction of sp³-hybridized carbons (Fsp3) is 0.480. The van der Waals surface area contributed by atoms with Gasteiger partial charge in [-0.25, -0.2) is 9.18 Å². The molecule has 2 aromatic rings. The highest BCUT2D eigenvalue weighted by Gasteiger charge is 2.27. The van der Waals surface area contributed by atoms with Gasteiger partial charge < -0.3 is 19.9 Å². The molecule has 0 bridgehead atoms. The molecule has 1 N–H and O–H groups in total. The fourth-order valence-electron chi connectivity index (χ4n) is 2.69. The van der Waals surface area contributed by atoms with Crippen LogP contribution in [0.15, 0.2) is 48.4 Å². The predicted octanol–water partition coefficient (Wildman–Crippen LogP) is 4.67. The molecule has 6 heteroatoms. The molecule has 5 nitrogen and oxygen atoms in total. The zero-order valence-electron chi connectivity index (χ0n) is 35.6. The van der Waals surface area contributed by atoms with Crippen LogP contribution in [-0.4, -0.2) is 48.5 Å². The number of likely N-dealkylation sites (tertiary alicyclic amines) is 1. The SMILES string of the molecule is [2H]c1c([2H])c(CN(C(=O)NC([2H])([2H])c2ccc(OC([2H])([2H])C([2H])(C([2H])([2H])[2H])C([2H])([2H])[2H])cc2)C2CC([2H])([2H])N(C)C([2H])([2H])C2)c([2H])c([2H])c1F. The molecular weight excluding hydrogens is 393 g/mol. The molecule has 168 valence electrons. The van der Waals surface area contributed by atoms with Gasteiger partial charge in [-0.05, 0) is 74.1 Å². The van der Waals surface area contributed by atoms with Crippen molar-refractivity contribution in [3.8, 4) is 5.75 Å². The summed E-state index contributed by atoms with van der Waals surface area (Å²) in [6.07, 6.45) is -1.08. The standard InChI is InChI=1S/C25H34FN3O2/c1-19(2)18-31-24-10-6-20(7-11-24)16-27-25(30)29(23-12-14-28(3)15-13-23)17-21-4-8-22(26)9-5-21/h4-11,19,23H,12-18H2,1-3H3,(H,27,30)/i1D3,2D3,4D,5D,8D,9D,14D2,15D2,16D2,18D2,19D. The highest BCUT2D eigenvalue weighted by atomic mass is 19.1. The van der Waals surface area contributed by atoms with Crippen LogP contribution in [0.1, 0.15) is 63.7 Å². The van der Waals surface area contributed by atoms with Crippen molar-refractivity contribution in [3.63, 3.8) is 0 Å². The zero-order chi connectivity index (χ0) is 38.8. The second-order valence-corrected chi connectivity index (χ2v) is 6.52. The van der Waals surface area contributed by atoms with Crippen molar-refractivity contribution in [1.82, 2.24) is 15.1 Å². The smallest absolute Gasteiger partial charge is 0.318 e. The molecule has 31 heavy (non-hydrogen) atoms. The van der Waals surface area contributed by atoms with Crippen molar-refractivity contribution in [2.45, 2.75) is 45.6 Å². The number of piperidine rings is 1. The molecule has 0 unspecified atom stereocenters. The first-order valence-corrected chi connectivity index (χ1v) is 9.19. The van der Waals surface area contributed by atoms with Crippen molar-refractivity contribution in [1.29, 1.82) is 0 Å². The van der Waals surface area contributed by atoms with Crippen molar-refractivity contribution >= 4 is 6.03 Å². The Balaban J connectivity index is 1.99. The molecule has 0 aliphatic carbocycles. The number of hydrogen-bond donors (Lipinski definition) is 1. The first-order valence-electron chi connectivity index (χ1n) is 18.7. The van der Waals surface area contributed by atoms with Crippen LogP contribution in [0.3, 0.4) is 0 Å². The van der Waals surface area contributed by atoms with Crippen molar-refractivity contribution in [2.75, 3.05) is 26.6 Å². The lowest BCUT2D eigenvalue weighted by molar-refractivity contribution is 0.127. The molecular formula is C25H34FN3O2. The maximum atomic E-state index is 14.3. The minimum Gasteiger partial charge on any atom is -0.493 e. The van der Waals surface area contributed by atoms with E-state index in [0.717, 1.165) is 34.1 Å². The topological polar surface area (TPSA) is 44.8 Å². The van der Waals surface area contributed by atoms with Gasteiger partial charge in [-0.3, -0.25) is 0 Å². The van der Waals surface area contributed by atoms with E-state index < -0.39 is 118 Å². The average molecular weight is 447 g/mol. The Morgan fingerprint density at radius 1 is 1.32 bits per heavy atom. The number of nitrogens with zero attached hydrogens (tertiary/aromatic N) is 2. The number of benzene rings is 2. The number of nitrogens with one attached hydrogen (secondary N) is 1. The third kappa shape index (κ3) is 7.24. The Morgan fingerprint density at radius 3 is 2.65 bits per heavy atom. The van der Waals surface area contributed by atoms with Gasteiger partial charge in [0.05, 0.1) is 17.5 Å². The first kappa shape index (κ1) is 8.74. The summed E-state index contributed by atoms with van der Waals surface area (Å²) in [6, 6.07) is -2.78. The molecule has 1 aliphatic rings. The highest BCUT2D eigenvalue weighted by molar-refractivity contribution is 5.74. The van der Waals surface area contributed by atoms with Crippen LogP contribution in [0.4, 0.5) is 9.18 Å². The molecule has 1 heterocycles. The average Bonchev–Trinajstić information content (AvgIpc) is 2.95. The Bertz CT molecular complexity index is 1540. The van der Waals surface area contributed by atoms with E-state index >= 15 is 0 Å². The highest BCUT2D eigenvalue weighted by Crippen LogP contribution is 2.19. The molecule has 0 radical (unpaired) electrons. The Labute approximate surface area is 211 Å². The lowest BCUT2D eigenvalue weighted by Gasteiger charge is -2.37. The molecule has 0 atom stereocenters. The third-order valence-electron chi connectivity index (χ3n) is 4.24. The van der Waals surface area contributed by atoms with Crippen LogP contribution in [0.2, 0.25) is 0 Å². The summed E-state index contributed by atoms with van der Waals surface area (Å²) < 4.78 is 171. The minimum atomic E-state index is -3.75. The Hall–Kier alpha value is -2.60. The van der Waals surface area contributed by atoms with Crippen LogP contribution in [-0.2, 0) is 13.0 Å². The van der Waals surface area contributed by atoms with Gasteiger partial charge in [0.25, 0.3) is 0 Å². The maximum Gasteiger partial charge on any atom is 0.318 e. The van der Waals surface area contributed by atoms with E-state index in [4.69, 9.17) is 30.8 Å². The van der Waals surface area contributed by atoms with Gasteiger partial charge in [0.1, 0.15) is 11.6 Å². The number of halogens is 1. The van der Waals surface area contributed by atoms with Crippen LogP contribution in [0.5, 0.6) is 5.75 Å². The van der Waals surface area contributed by atoms with Crippen LogP contribution in [0, 0.1) is 11.7 Å². The number of ether oxygens (including phenoxy) is 1. The molecule has 2 aromatic carbocycles. The predicted molar refractivity (Wildman–Crippen MR) is 121 cm³/mol. The molecule has 0 aromatic heterocycles. The summed E-state index contributed by atoms with van der Waals surface area (Å²) in [5.74, 6) is -5.72. The third-order valence-corrected chi connectivity index (χ3v) is 4.24. The number of rotatable bonds is 8. The van der Waals surface area contributed by atoms with Gasteiger partial charge in [0.15, 0.2) is 0 Å². The first-order chi connectivity index (χ1) is 22.3. The molecule has 1 saturated heterocycles. The summed E-state index contributed by atoms with van der Waals surface area (Å²) in [5, 5.41) is 2.05. The maximum absolute atomic E-state index is 14.3. The number of amides is 2. The summed E-state index contributed by atoms with van der Waals surface area (Å²) in [4.78, 5) is 15.3. The number of carbonyl (C=O) groups excluding carboxylic acids is 1. The number of carbonyl (C=O) groups is 1. The fourth-order valence-corrected chi connectivity index (χ4v) is 2.69. The molecule has 1 aliphatic heterocycles. The summed E-state index contributed by atoms with van der Waals surface area (Å²) >= 11 is 0. The van der Waals surface area contributed by atoms with E-state index in [1.165, 1.54) is 7.05 Å². The number of hydrogen-bond acceptors (Lipinski definition) is 3. The lowest BCUT2D eigenvalue weighted by Crippen LogP contribution is -2.49. The van der Waals surface area contributed by atoms with Gasteiger partial charge in [0.2, 0.25) is 0 Å². The largest absolute Gasteiger partial charge is 0.493 e. The van der Waals surface area contributed by atoms with E-state index in [1.54, 1.807) is 0 Å². The van der Waals surface area contributed by atoms with E-state index in [1.807, 2.05) is 5.32 Å². The Kier molecular flexibility index (Phi) is 3.14. The summed E-state index contributed by atoms with van der Waals surface area (Å²) in [6.45, 7) is -19.4. The van der Waals surface area contributed by atoms with Crippen molar-refractivity contribution in [2.24, 2.45) is 5.89 Å². The quantitative estimate of drug-likeness (QED) is 0.641. The van der Waals surface area contributed by atoms with Gasteiger partial charge in [0, 0.05) is 34.2 Å². The lowest BCUT2D eigenvalue weighted by atomic mass is 10.0. The van der Waals surface area contributed by atoms with Gasteiger partial charge in [-0.1, -0.05) is 37.9 Å². The van der Waals surface area contributed by atoms with Crippen molar-refractivity contribution < 1.29 is 40.0 Å². The summed E-state index contributed by atoms with van der Waals surface area (Å²) in [5.41, 5.74) is -0.852. The molecule has 0 saturated carbocycles. The normalized spacial score (nSPS) is 29.4. The molecule has 1 fully saturated rings. The van der Waals surface area contributed by atoms with E-state index in [0.29, 0.717) is 0 Å². The van der Waals surface area contributed by atoms with Crippen LogP contribution < -0.4 is 10.1 Å². The molecule has 2 amide bonds. The second kappa shape index (κ2) is 11.1. The molecule has 0 spiro atoms. The van der Waals surface area contributed by atoms with Crippen LogP contribution >= 0.6 is 0 Å². The molecule has 3 rings (SSSR count).